The summed E-state index contributed by atoms with van der Waals surface area (Å²) in [5.41, 5.74) is 0.703. The monoisotopic (exact) mass is 213 g/mol. The Balaban J connectivity index is 2.41. The van der Waals surface area contributed by atoms with Crippen molar-refractivity contribution in [3.63, 3.8) is 0 Å². The summed E-state index contributed by atoms with van der Waals surface area (Å²) in [5, 5.41) is 3.23. The van der Waals surface area contributed by atoms with Gasteiger partial charge in [-0.1, -0.05) is 6.07 Å². The number of hydrogen-bond acceptors (Lipinski definition) is 2. The predicted octanol–water partition coefficient (Wildman–Crippen LogP) is 2.40. The summed E-state index contributed by atoms with van der Waals surface area (Å²) in [6.07, 6.45) is 1.98. The van der Waals surface area contributed by atoms with Gasteiger partial charge in [-0.15, -0.1) is 0 Å². The maximum absolute atomic E-state index is 13.4. The Kier molecular flexibility index (Phi) is 2.86. The molecule has 1 saturated heterocycles. The molecule has 1 heterocycles. The number of nitrogens with one attached hydrogen (secondary N) is 1. The Morgan fingerprint density at radius 1 is 1.40 bits per heavy atom. The van der Waals surface area contributed by atoms with Crippen LogP contribution in [-0.4, -0.2) is 13.7 Å². The lowest BCUT2D eigenvalue weighted by Gasteiger charge is -2.15. The molecule has 1 fully saturated rings. The van der Waals surface area contributed by atoms with Crippen LogP contribution in [0.3, 0.4) is 0 Å². The second-order valence-corrected chi connectivity index (χ2v) is 3.63. The molecule has 1 aliphatic heterocycles. The van der Waals surface area contributed by atoms with Crippen molar-refractivity contribution < 1.29 is 13.5 Å². The number of methoxy groups -OCH3 is 1. The number of halogens is 2. The first kappa shape index (κ1) is 10.4. The van der Waals surface area contributed by atoms with Crippen molar-refractivity contribution in [2.75, 3.05) is 13.7 Å². The minimum absolute atomic E-state index is 0.0226. The molecule has 0 spiro atoms. The van der Waals surface area contributed by atoms with Crippen molar-refractivity contribution in [3.8, 4) is 5.75 Å². The largest absolute Gasteiger partial charge is 0.493 e. The van der Waals surface area contributed by atoms with E-state index in [0.29, 0.717) is 5.56 Å². The first-order valence-corrected chi connectivity index (χ1v) is 4.99. The molecular formula is C11H13F2NO. The van der Waals surface area contributed by atoms with Gasteiger partial charge in [-0.05, 0) is 25.5 Å². The van der Waals surface area contributed by atoms with Gasteiger partial charge < -0.3 is 10.1 Å². The average molecular weight is 213 g/mol. The van der Waals surface area contributed by atoms with E-state index in [1.165, 1.54) is 7.11 Å². The maximum Gasteiger partial charge on any atom is 0.200 e. The molecule has 1 aromatic carbocycles. The molecule has 4 heteroatoms. The van der Waals surface area contributed by atoms with Crippen molar-refractivity contribution >= 4 is 0 Å². The summed E-state index contributed by atoms with van der Waals surface area (Å²) in [4.78, 5) is 0. The molecule has 1 aromatic rings. The SMILES string of the molecule is COc1c(C2CCCN2)ccc(F)c1F. The van der Waals surface area contributed by atoms with Crippen LogP contribution in [0.1, 0.15) is 24.4 Å². The Hall–Kier alpha value is -1.16. The number of hydrogen-bond donors (Lipinski definition) is 1. The lowest BCUT2D eigenvalue weighted by molar-refractivity contribution is 0.362. The van der Waals surface area contributed by atoms with Crippen LogP contribution >= 0.6 is 0 Å². The van der Waals surface area contributed by atoms with E-state index in [4.69, 9.17) is 4.74 Å². The summed E-state index contributed by atoms with van der Waals surface area (Å²) < 4.78 is 31.3. The maximum atomic E-state index is 13.4. The molecule has 1 aliphatic rings. The van der Waals surface area contributed by atoms with E-state index in [2.05, 4.69) is 5.32 Å². The van der Waals surface area contributed by atoms with Crippen molar-refractivity contribution in [1.82, 2.24) is 5.32 Å². The van der Waals surface area contributed by atoms with Gasteiger partial charge in [0.25, 0.3) is 0 Å². The zero-order valence-electron chi connectivity index (χ0n) is 8.52. The van der Waals surface area contributed by atoms with E-state index >= 15 is 0 Å². The van der Waals surface area contributed by atoms with Gasteiger partial charge in [-0.3, -0.25) is 0 Å². The lowest BCUT2D eigenvalue weighted by atomic mass is 10.0. The Labute approximate surface area is 87.2 Å². The fourth-order valence-electron chi connectivity index (χ4n) is 1.98. The quantitative estimate of drug-likeness (QED) is 0.814. The normalized spacial score (nSPS) is 20.6. The van der Waals surface area contributed by atoms with Gasteiger partial charge in [0, 0.05) is 11.6 Å². The molecule has 1 unspecified atom stereocenters. The third-order valence-corrected chi connectivity index (χ3v) is 2.72. The summed E-state index contributed by atoms with van der Waals surface area (Å²) in [5.74, 6) is -1.74. The first-order valence-electron chi connectivity index (χ1n) is 4.99. The van der Waals surface area contributed by atoms with E-state index in [-0.39, 0.29) is 11.8 Å². The molecule has 0 saturated carbocycles. The van der Waals surface area contributed by atoms with Gasteiger partial charge in [0.15, 0.2) is 11.6 Å². The minimum Gasteiger partial charge on any atom is -0.493 e. The highest BCUT2D eigenvalue weighted by Crippen LogP contribution is 2.33. The van der Waals surface area contributed by atoms with Crippen molar-refractivity contribution in [1.29, 1.82) is 0 Å². The minimum atomic E-state index is -0.899. The lowest BCUT2D eigenvalue weighted by Crippen LogP contribution is -2.14. The van der Waals surface area contributed by atoms with Crippen LogP contribution in [0.2, 0.25) is 0 Å². The van der Waals surface area contributed by atoms with Gasteiger partial charge in [0.1, 0.15) is 0 Å². The van der Waals surface area contributed by atoms with E-state index in [0.717, 1.165) is 25.5 Å². The van der Waals surface area contributed by atoms with E-state index < -0.39 is 11.6 Å². The van der Waals surface area contributed by atoms with E-state index in [9.17, 15) is 8.78 Å². The highest BCUT2D eigenvalue weighted by atomic mass is 19.2. The summed E-state index contributed by atoms with van der Waals surface area (Å²) in [6, 6.07) is 2.81. The average Bonchev–Trinajstić information content (AvgIpc) is 2.75. The second kappa shape index (κ2) is 4.14. The van der Waals surface area contributed by atoms with Crippen LogP contribution in [0, 0.1) is 11.6 Å². The van der Waals surface area contributed by atoms with Crippen LogP contribution in [0.15, 0.2) is 12.1 Å². The standard InChI is InChI=1S/C11H13F2NO/c1-15-11-7(9-3-2-6-14-9)4-5-8(12)10(11)13/h4-5,9,14H,2-3,6H2,1H3. The molecule has 15 heavy (non-hydrogen) atoms. The first-order chi connectivity index (χ1) is 7.24. The van der Waals surface area contributed by atoms with Crippen LogP contribution in [0.4, 0.5) is 8.78 Å². The van der Waals surface area contributed by atoms with Crippen molar-refractivity contribution in [2.45, 2.75) is 18.9 Å². The van der Waals surface area contributed by atoms with E-state index in [1.54, 1.807) is 6.07 Å². The van der Waals surface area contributed by atoms with E-state index in [1.807, 2.05) is 0 Å². The fraction of sp³-hybridized carbons (Fsp3) is 0.455. The molecule has 82 valence electrons. The summed E-state index contributed by atoms with van der Waals surface area (Å²) in [7, 11) is 1.36. The third-order valence-electron chi connectivity index (χ3n) is 2.72. The fourth-order valence-corrected chi connectivity index (χ4v) is 1.98. The predicted molar refractivity (Wildman–Crippen MR) is 52.9 cm³/mol. The molecule has 0 aromatic heterocycles. The van der Waals surface area contributed by atoms with Crippen LogP contribution < -0.4 is 10.1 Å². The summed E-state index contributed by atoms with van der Waals surface area (Å²) >= 11 is 0. The number of benzene rings is 1. The zero-order chi connectivity index (χ0) is 10.8. The van der Waals surface area contributed by atoms with Gasteiger partial charge in [0.05, 0.1) is 7.11 Å². The Morgan fingerprint density at radius 2 is 2.20 bits per heavy atom. The Bertz CT molecular complexity index is 362. The van der Waals surface area contributed by atoms with Crippen LogP contribution in [0.5, 0.6) is 5.75 Å². The molecule has 0 aliphatic carbocycles. The van der Waals surface area contributed by atoms with Crippen molar-refractivity contribution in [3.05, 3.63) is 29.3 Å². The summed E-state index contributed by atoms with van der Waals surface area (Å²) in [6.45, 7) is 0.910. The van der Waals surface area contributed by atoms with Gasteiger partial charge in [0.2, 0.25) is 5.82 Å². The van der Waals surface area contributed by atoms with Gasteiger partial charge in [-0.25, -0.2) is 4.39 Å². The molecule has 1 atom stereocenters. The van der Waals surface area contributed by atoms with Crippen LogP contribution in [0.25, 0.3) is 0 Å². The third kappa shape index (κ3) is 1.81. The van der Waals surface area contributed by atoms with Crippen LogP contribution in [-0.2, 0) is 0 Å². The molecule has 0 amide bonds. The number of rotatable bonds is 2. The molecule has 2 rings (SSSR count). The molecule has 0 radical (unpaired) electrons. The Morgan fingerprint density at radius 3 is 2.80 bits per heavy atom. The molecule has 2 nitrogen and oxygen atoms in total. The van der Waals surface area contributed by atoms with Gasteiger partial charge in [-0.2, -0.15) is 4.39 Å². The molecular weight excluding hydrogens is 200 g/mol. The second-order valence-electron chi connectivity index (χ2n) is 3.63. The van der Waals surface area contributed by atoms with Crippen molar-refractivity contribution in [2.24, 2.45) is 0 Å². The highest BCUT2D eigenvalue weighted by molar-refractivity contribution is 5.38. The molecule has 1 N–H and O–H groups in total. The molecule has 0 bridgehead atoms. The smallest absolute Gasteiger partial charge is 0.200 e. The van der Waals surface area contributed by atoms with Gasteiger partial charge >= 0.3 is 0 Å². The highest BCUT2D eigenvalue weighted by Gasteiger charge is 2.23. The zero-order valence-corrected chi connectivity index (χ0v) is 8.52. The topological polar surface area (TPSA) is 21.3 Å². The number of ether oxygens (including phenoxy) is 1.